The van der Waals surface area contributed by atoms with Crippen molar-refractivity contribution in [3.8, 4) is 0 Å². The van der Waals surface area contributed by atoms with Crippen LogP contribution in [0.3, 0.4) is 0 Å². The molecule has 2 aromatic rings. The molecular weight excluding hydrogens is 266 g/mol. The van der Waals surface area contributed by atoms with Crippen LogP contribution in [0.25, 0.3) is 0 Å². The number of amides is 1. The fraction of sp³-hybridized carbons (Fsp3) is 0.176. The molecule has 4 nitrogen and oxygen atoms in total. The average molecular weight is 281 g/mol. The monoisotopic (exact) mass is 281 g/mol. The molecule has 0 aliphatic carbocycles. The van der Waals surface area contributed by atoms with E-state index in [0.717, 1.165) is 11.1 Å². The highest BCUT2D eigenvalue weighted by atomic mass is 16.5. The molecule has 0 saturated carbocycles. The van der Waals surface area contributed by atoms with Gasteiger partial charge in [0, 0.05) is 13.0 Å². The van der Waals surface area contributed by atoms with Gasteiger partial charge in [0.1, 0.15) is 0 Å². The van der Waals surface area contributed by atoms with Crippen molar-refractivity contribution in [3.63, 3.8) is 0 Å². The lowest BCUT2D eigenvalue weighted by molar-refractivity contribution is -0.130. The topological polar surface area (TPSA) is 55.4 Å². The van der Waals surface area contributed by atoms with Gasteiger partial charge < -0.3 is 10.1 Å². The highest BCUT2D eigenvalue weighted by molar-refractivity contribution is 5.95. The Morgan fingerprint density at radius 1 is 1.10 bits per heavy atom. The minimum Gasteiger partial charge on any atom is -0.448 e. The van der Waals surface area contributed by atoms with Crippen LogP contribution in [0.4, 0.5) is 0 Å². The van der Waals surface area contributed by atoms with Gasteiger partial charge >= 0.3 is 5.97 Å². The number of benzene rings is 2. The quantitative estimate of drug-likeness (QED) is 0.876. The number of esters is 1. The van der Waals surface area contributed by atoms with E-state index in [2.05, 4.69) is 5.32 Å². The predicted octanol–water partition coefficient (Wildman–Crippen LogP) is 2.08. The Morgan fingerprint density at radius 2 is 1.81 bits per heavy atom. The molecule has 2 aromatic carbocycles. The summed E-state index contributed by atoms with van der Waals surface area (Å²) in [6.07, 6.45) is -0.334. The first-order valence-electron chi connectivity index (χ1n) is 6.84. The number of nitrogens with one attached hydrogen (secondary N) is 1. The van der Waals surface area contributed by atoms with Crippen LogP contribution in [0.2, 0.25) is 0 Å². The molecule has 0 unspecified atom stereocenters. The summed E-state index contributed by atoms with van der Waals surface area (Å²) in [4.78, 5) is 24.0. The Labute approximate surface area is 122 Å². The number of hydrogen-bond donors (Lipinski definition) is 1. The zero-order valence-corrected chi connectivity index (χ0v) is 11.4. The van der Waals surface area contributed by atoms with E-state index < -0.39 is 12.1 Å². The van der Waals surface area contributed by atoms with Crippen molar-refractivity contribution in [1.82, 2.24) is 5.32 Å². The first-order chi connectivity index (χ1) is 10.2. The van der Waals surface area contributed by atoms with Gasteiger partial charge in [-0.1, -0.05) is 48.5 Å². The molecule has 1 atom stereocenters. The summed E-state index contributed by atoms with van der Waals surface area (Å²) in [7, 11) is 0. The van der Waals surface area contributed by atoms with Crippen LogP contribution in [0.1, 0.15) is 21.5 Å². The molecule has 1 aliphatic rings. The number of carbonyl (C=O) groups is 2. The fourth-order valence-corrected chi connectivity index (χ4v) is 2.38. The molecule has 4 heteroatoms. The molecule has 0 fully saturated rings. The second-order valence-electron chi connectivity index (χ2n) is 4.96. The molecular formula is C17H15NO3. The van der Waals surface area contributed by atoms with Crippen LogP contribution >= 0.6 is 0 Å². The Bertz CT molecular complexity index is 667. The molecule has 1 heterocycles. The maximum atomic E-state index is 12.1. The number of rotatable bonds is 3. The summed E-state index contributed by atoms with van der Waals surface area (Å²) < 4.78 is 5.21. The van der Waals surface area contributed by atoms with Crippen LogP contribution in [-0.2, 0) is 22.5 Å². The van der Waals surface area contributed by atoms with Crippen LogP contribution < -0.4 is 5.32 Å². The second kappa shape index (κ2) is 5.79. The minimum atomic E-state index is -0.754. The summed E-state index contributed by atoms with van der Waals surface area (Å²) in [6, 6.07) is 16.8. The number of hydrogen-bond acceptors (Lipinski definition) is 3. The van der Waals surface area contributed by atoms with Gasteiger partial charge in [-0.2, -0.15) is 0 Å². The van der Waals surface area contributed by atoms with Gasteiger partial charge in [-0.3, -0.25) is 4.79 Å². The molecule has 3 rings (SSSR count). The Balaban J connectivity index is 1.65. The van der Waals surface area contributed by atoms with Crippen molar-refractivity contribution in [2.24, 2.45) is 0 Å². The van der Waals surface area contributed by atoms with Crippen LogP contribution in [0.5, 0.6) is 0 Å². The summed E-state index contributed by atoms with van der Waals surface area (Å²) in [5, 5.41) is 2.80. The Morgan fingerprint density at radius 3 is 2.62 bits per heavy atom. The third-order valence-corrected chi connectivity index (χ3v) is 3.49. The van der Waals surface area contributed by atoms with E-state index in [4.69, 9.17) is 4.74 Å². The van der Waals surface area contributed by atoms with E-state index in [1.54, 1.807) is 12.1 Å². The number of cyclic esters (lactones) is 1. The van der Waals surface area contributed by atoms with Gasteiger partial charge in [-0.25, -0.2) is 4.79 Å². The number of carbonyl (C=O) groups excluding carboxylic acids is 2. The van der Waals surface area contributed by atoms with Gasteiger partial charge in [0.15, 0.2) is 6.10 Å². The summed E-state index contributed by atoms with van der Waals surface area (Å²) in [5.74, 6) is -0.696. The summed E-state index contributed by atoms with van der Waals surface area (Å²) in [5.41, 5.74) is 2.41. The maximum absolute atomic E-state index is 12.1. The van der Waals surface area contributed by atoms with Crippen molar-refractivity contribution < 1.29 is 14.3 Å². The number of fused-ring (bicyclic) bond motifs is 1. The molecule has 1 N–H and O–H groups in total. The van der Waals surface area contributed by atoms with Crippen molar-refractivity contribution in [2.75, 3.05) is 0 Å². The second-order valence-corrected chi connectivity index (χ2v) is 4.96. The zero-order chi connectivity index (χ0) is 14.7. The molecule has 1 aliphatic heterocycles. The third kappa shape index (κ3) is 2.94. The average Bonchev–Trinajstić information content (AvgIpc) is 2.53. The van der Waals surface area contributed by atoms with E-state index in [-0.39, 0.29) is 5.91 Å². The van der Waals surface area contributed by atoms with E-state index in [0.29, 0.717) is 18.5 Å². The molecule has 1 amide bonds. The van der Waals surface area contributed by atoms with Gasteiger partial charge in [0.25, 0.3) is 5.91 Å². The predicted molar refractivity (Wildman–Crippen MR) is 77.6 cm³/mol. The normalized spacial score (nSPS) is 16.8. The standard InChI is InChI=1S/C17H15NO3/c19-16(18-11-12-6-2-1-3-7-12)15-10-13-8-4-5-9-14(13)17(20)21-15/h1-9,15H,10-11H2,(H,18,19)/t15-/m0/s1. The molecule has 0 bridgehead atoms. The van der Waals surface area contributed by atoms with Crippen LogP contribution in [0.15, 0.2) is 54.6 Å². The van der Waals surface area contributed by atoms with Crippen molar-refractivity contribution in [1.29, 1.82) is 0 Å². The van der Waals surface area contributed by atoms with E-state index in [1.807, 2.05) is 42.5 Å². The number of ether oxygens (including phenoxy) is 1. The van der Waals surface area contributed by atoms with E-state index in [9.17, 15) is 9.59 Å². The van der Waals surface area contributed by atoms with Gasteiger partial charge in [-0.05, 0) is 17.2 Å². The highest BCUT2D eigenvalue weighted by Gasteiger charge is 2.30. The largest absolute Gasteiger partial charge is 0.448 e. The molecule has 106 valence electrons. The highest BCUT2D eigenvalue weighted by Crippen LogP contribution is 2.20. The Kier molecular flexibility index (Phi) is 3.69. The van der Waals surface area contributed by atoms with Crippen LogP contribution in [-0.4, -0.2) is 18.0 Å². The lowest BCUT2D eigenvalue weighted by atomic mass is 9.98. The minimum absolute atomic E-state index is 0.262. The fourth-order valence-electron chi connectivity index (χ4n) is 2.38. The lowest BCUT2D eigenvalue weighted by Gasteiger charge is -2.23. The van der Waals surface area contributed by atoms with Crippen molar-refractivity contribution in [2.45, 2.75) is 19.1 Å². The van der Waals surface area contributed by atoms with E-state index in [1.165, 1.54) is 0 Å². The smallest absolute Gasteiger partial charge is 0.339 e. The first-order valence-corrected chi connectivity index (χ1v) is 6.84. The molecule has 21 heavy (non-hydrogen) atoms. The van der Waals surface area contributed by atoms with Gasteiger partial charge in [0.05, 0.1) is 5.56 Å². The molecule has 0 radical (unpaired) electrons. The molecule has 0 aromatic heterocycles. The van der Waals surface area contributed by atoms with Crippen LogP contribution in [0, 0.1) is 0 Å². The lowest BCUT2D eigenvalue weighted by Crippen LogP contribution is -2.41. The van der Waals surface area contributed by atoms with Gasteiger partial charge in [0.2, 0.25) is 0 Å². The SMILES string of the molecule is O=C1O[C@H](C(=O)NCc2ccccc2)Cc2ccccc21. The van der Waals surface area contributed by atoms with E-state index >= 15 is 0 Å². The summed E-state index contributed by atoms with van der Waals surface area (Å²) >= 11 is 0. The van der Waals surface area contributed by atoms with Crippen molar-refractivity contribution >= 4 is 11.9 Å². The zero-order valence-electron chi connectivity index (χ0n) is 11.4. The Hall–Kier alpha value is -2.62. The molecule has 0 saturated heterocycles. The molecule has 0 spiro atoms. The summed E-state index contributed by atoms with van der Waals surface area (Å²) in [6.45, 7) is 0.426. The van der Waals surface area contributed by atoms with Gasteiger partial charge in [-0.15, -0.1) is 0 Å². The van der Waals surface area contributed by atoms with Crippen molar-refractivity contribution in [3.05, 3.63) is 71.3 Å². The maximum Gasteiger partial charge on any atom is 0.339 e. The third-order valence-electron chi connectivity index (χ3n) is 3.49. The first kappa shape index (κ1) is 13.4.